The monoisotopic (exact) mass is 300 g/mol. The number of hydrogen-bond acceptors (Lipinski definition) is 5. The third-order valence-electron chi connectivity index (χ3n) is 3.94. The van der Waals surface area contributed by atoms with E-state index in [0.29, 0.717) is 11.9 Å². The lowest BCUT2D eigenvalue weighted by atomic mass is 10.1. The molecule has 0 spiro atoms. The predicted molar refractivity (Wildman–Crippen MR) is 81.9 cm³/mol. The second-order valence-corrected chi connectivity index (χ2v) is 5.48. The first-order valence-corrected chi connectivity index (χ1v) is 7.54. The van der Waals surface area contributed by atoms with Crippen LogP contribution in [-0.4, -0.2) is 57.2 Å². The second kappa shape index (κ2) is 6.65. The number of hydrogen-bond donors (Lipinski definition) is 1. The number of likely N-dealkylation sites (N-methyl/N-ethyl adjacent to an activating group) is 1. The summed E-state index contributed by atoms with van der Waals surface area (Å²) in [5.41, 5.74) is 0.898. The molecule has 2 aromatic rings. The van der Waals surface area contributed by atoms with Gasteiger partial charge in [0.1, 0.15) is 6.54 Å². The van der Waals surface area contributed by atoms with E-state index < -0.39 is 0 Å². The number of rotatable bonds is 4. The fourth-order valence-corrected chi connectivity index (χ4v) is 2.67. The molecule has 0 aliphatic carbocycles. The van der Waals surface area contributed by atoms with Crippen LogP contribution in [0.4, 0.5) is 0 Å². The Morgan fingerprint density at radius 2 is 2.18 bits per heavy atom. The Labute approximate surface area is 129 Å². The summed E-state index contributed by atoms with van der Waals surface area (Å²) >= 11 is 0. The fourth-order valence-electron chi connectivity index (χ4n) is 2.67. The zero-order chi connectivity index (χ0) is 15.4. The van der Waals surface area contributed by atoms with Gasteiger partial charge in [-0.3, -0.25) is 4.79 Å². The molecule has 22 heavy (non-hydrogen) atoms. The molecule has 0 saturated carbocycles. The first-order valence-electron chi connectivity index (χ1n) is 7.54. The van der Waals surface area contributed by atoms with Crippen LogP contribution in [0.1, 0.15) is 12.8 Å². The molecule has 3 rings (SSSR count). The second-order valence-electron chi connectivity index (χ2n) is 5.48. The maximum atomic E-state index is 12.3. The molecule has 1 atom stereocenters. The molecule has 2 heterocycles. The highest BCUT2D eigenvalue weighted by molar-refractivity contribution is 5.76. The van der Waals surface area contributed by atoms with Gasteiger partial charge in [-0.05, 0) is 25.1 Å². The number of amides is 1. The van der Waals surface area contributed by atoms with Gasteiger partial charge in [-0.15, -0.1) is 10.2 Å². The molecule has 1 N–H and O–H groups in total. The highest BCUT2D eigenvalue weighted by atomic mass is 16.2. The van der Waals surface area contributed by atoms with E-state index in [-0.39, 0.29) is 12.5 Å². The maximum Gasteiger partial charge on any atom is 0.246 e. The highest BCUT2D eigenvalue weighted by Gasteiger charge is 2.23. The Hall–Kier alpha value is -2.28. The Morgan fingerprint density at radius 1 is 1.36 bits per heavy atom. The van der Waals surface area contributed by atoms with Gasteiger partial charge >= 0.3 is 0 Å². The molecular weight excluding hydrogens is 280 g/mol. The SMILES string of the molecule is CNC1CCCN(C(=O)Cn2nnc(-c3ccccc3)n2)C1. The number of aromatic nitrogens is 4. The molecule has 1 aromatic carbocycles. The predicted octanol–water partition coefficient (Wildman–Crippen LogP) is 0.550. The van der Waals surface area contributed by atoms with Gasteiger partial charge in [0, 0.05) is 24.7 Å². The van der Waals surface area contributed by atoms with Crippen LogP contribution in [0.5, 0.6) is 0 Å². The van der Waals surface area contributed by atoms with Crippen molar-refractivity contribution in [1.29, 1.82) is 0 Å². The third kappa shape index (κ3) is 3.30. The minimum Gasteiger partial charge on any atom is -0.339 e. The number of carbonyl (C=O) groups excluding carboxylic acids is 1. The molecule has 1 unspecified atom stereocenters. The summed E-state index contributed by atoms with van der Waals surface area (Å²) in [6, 6.07) is 10.0. The lowest BCUT2D eigenvalue weighted by Crippen LogP contribution is -2.48. The van der Waals surface area contributed by atoms with Crippen LogP contribution < -0.4 is 5.32 Å². The third-order valence-corrected chi connectivity index (χ3v) is 3.94. The van der Waals surface area contributed by atoms with Crippen LogP contribution in [0.3, 0.4) is 0 Å². The van der Waals surface area contributed by atoms with Crippen molar-refractivity contribution >= 4 is 5.91 Å². The van der Waals surface area contributed by atoms with Crippen molar-refractivity contribution in [2.45, 2.75) is 25.4 Å². The summed E-state index contributed by atoms with van der Waals surface area (Å²) in [4.78, 5) is 15.6. The van der Waals surface area contributed by atoms with Crippen LogP contribution in [0, 0.1) is 0 Å². The summed E-state index contributed by atoms with van der Waals surface area (Å²) in [5.74, 6) is 0.581. The summed E-state index contributed by atoms with van der Waals surface area (Å²) in [6.45, 7) is 1.68. The number of nitrogens with one attached hydrogen (secondary N) is 1. The van der Waals surface area contributed by atoms with Crippen molar-refractivity contribution < 1.29 is 4.79 Å². The van der Waals surface area contributed by atoms with Gasteiger partial charge in [0.2, 0.25) is 11.7 Å². The Morgan fingerprint density at radius 3 is 2.95 bits per heavy atom. The van der Waals surface area contributed by atoms with Crippen LogP contribution in [0.2, 0.25) is 0 Å². The van der Waals surface area contributed by atoms with Crippen LogP contribution in [0.25, 0.3) is 11.4 Å². The smallest absolute Gasteiger partial charge is 0.246 e. The number of tetrazole rings is 1. The van der Waals surface area contributed by atoms with Crippen molar-refractivity contribution in [2.24, 2.45) is 0 Å². The van der Waals surface area contributed by atoms with Gasteiger partial charge in [0.25, 0.3) is 0 Å². The molecule has 1 aliphatic heterocycles. The van der Waals surface area contributed by atoms with E-state index in [2.05, 4.69) is 20.7 Å². The number of nitrogens with zero attached hydrogens (tertiary/aromatic N) is 5. The van der Waals surface area contributed by atoms with Crippen molar-refractivity contribution in [3.05, 3.63) is 30.3 Å². The van der Waals surface area contributed by atoms with E-state index in [0.717, 1.165) is 31.5 Å². The number of carbonyl (C=O) groups is 1. The summed E-state index contributed by atoms with van der Waals surface area (Å²) in [6.07, 6.45) is 2.14. The number of piperidine rings is 1. The molecule has 1 fully saturated rings. The largest absolute Gasteiger partial charge is 0.339 e. The van der Waals surface area contributed by atoms with E-state index in [4.69, 9.17) is 0 Å². The minimum atomic E-state index is 0.0389. The molecule has 1 aliphatic rings. The zero-order valence-electron chi connectivity index (χ0n) is 12.6. The fraction of sp³-hybridized carbons (Fsp3) is 0.467. The van der Waals surface area contributed by atoms with Gasteiger partial charge in [-0.25, -0.2) is 0 Å². The molecule has 7 heteroatoms. The molecule has 0 bridgehead atoms. The van der Waals surface area contributed by atoms with Crippen molar-refractivity contribution in [3.63, 3.8) is 0 Å². The van der Waals surface area contributed by atoms with Gasteiger partial charge in [-0.1, -0.05) is 30.3 Å². The van der Waals surface area contributed by atoms with Gasteiger partial charge in [0.05, 0.1) is 0 Å². The topological polar surface area (TPSA) is 75.9 Å². The standard InChI is InChI=1S/C15H20N6O/c1-16-13-8-5-9-20(10-13)14(22)11-21-18-15(17-19-21)12-6-3-2-4-7-12/h2-4,6-7,13,16H,5,8-11H2,1H3. The van der Waals surface area contributed by atoms with Crippen molar-refractivity contribution in [2.75, 3.05) is 20.1 Å². The van der Waals surface area contributed by atoms with E-state index in [1.165, 1.54) is 4.80 Å². The van der Waals surface area contributed by atoms with E-state index in [9.17, 15) is 4.79 Å². The first kappa shape index (κ1) is 14.6. The Balaban J connectivity index is 1.64. The highest BCUT2D eigenvalue weighted by Crippen LogP contribution is 2.13. The molecular formula is C15H20N6O. The summed E-state index contributed by atoms with van der Waals surface area (Å²) in [7, 11) is 1.93. The average molecular weight is 300 g/mol. The molecule has 1 saturated heterocycles. The lowest BCUT2D eigenvalue weighted by Gasteiger charge is -2.32. The first-order chi connectivity index (χ1) is 10.8. The Kier molecular flexibility index (Phi) is 4.43. The summed E-state index contributed by atoms with van der Waals surface area (Å²) in [5, 5.41) is 15.5. The normalized spacial score (nSPS) is 18.4. The molecule has 7 nitrogen and oxygen atoms in total. The molecule has 0 radical (unpaired) electrons. The van der Waals surface area contributed by atoms with Gasteiger partial charge in [-0.2, -0.15) is 4.80 Å². The summed E-state index contributed by atoms with van der Waals surface area (Å²) < 4.78 is 0. The number of benzene rings is 1. The maximum absolute atomic E-state index is 12.3. The van der Waals surface area contributed by atoms with Crippen molar-refractivity contribution in [3.8, 4) is 11.4 Å². The van der Waals surface area contributed by atoms with E-state index >= 15 is 0 Å². The number of likely N-dealkylation sites (tertiary alicyclic amines) is 1. The van der Waals surface area contributed by atoms with Crippen LogP contribution in [-0.2, 0) is 11.3 Å². The molecule has 116 valence electrons. The molecule has 1 amide bonds. The molecule has 1 aromatic heterocycles. The minimum absolute atomic E-state index is 0.0389. The van der Waals surface area contributed by atoms with Crippen molar-refractivity contribution in [1.82, 2.24) is 30.4 Å². The lowest BCUT2D eigenvalue weighted by molar-refractivity contribution is -0.133. The van der Waals surface area contributed by atoms with Gasteiger partial charge < -0.3 is 10.2 Å². The van der Waals surface area contributed by atoms with E-state index in [1.54, 1.807) is 0 Å². The zero-order valence-corrected chi connectivity index (χ0v) is 12.6. The van der Waals surface area contributed by atoms with Crippen LogP contribution in [0.15, 0.2) is 30.3 Å². The quantitative estimate of drug-likeness (QED) is 0.892. The van der Waals surface area contributed by atoms with E-state index in [1.807, 2.05) is 42.3 Å². The Bertz CT molecular complexity index is 626. The van der Waals surface area contributed by atoms with Gasteiger partial charge in [0.15, 0.2) is 0 Å². The average Bonchev–Trinajstić information content (AvgIpc) is 3.04. The van der Waals surface area contributed by atoms with Crippen LogP contribution >= 0.6 is 0 Å².